The van der Waals surface area contributed by atoms with Crippen LogP contribution in [0.2, 0.25) is 5.02 Å². The number of halogens is 1. The maximum atomic E-state index is 12.5. The molecule has 1 aromatic heterocycles. The number of thiophene rings is 1. The summed E-state index contributed by atoms with van der Waals surface area (Å²) >= 11 is 7.63. The number of hydrazone groups is 1. The molecule has 0 fully saturated rings. The van der Waals surface area contributed by atoms with Crippen molar-refractivity contribution in [2.24, 2.45) is 5.10 Å². The number of carbonyl (C=O) groups excluding carboxylic acids is 2. The van der Waals surface area contributed by atoms with E-state index in [0.29, 0.717) is 26.9 Å². The molecule has 0 aliphatic rings. The van der Waals surface area contributed by atoms with Crippen LogP contribution in [0.25, 0.3) is 10.1 Å². The van der Waals surface area contributed by atoms with Crippen molar-refractivity contribution in [3.05, 3.63) is 64.0 Å². The predicted molar refractivity (Wildman–Crippen MR) is 123 cm³/mol. The SMILES string of the molecule is CC(=NNC(=O)c1sc2ccccc2c1Cl)c1cccc(NC(=O)CCCC(=O)O)c1. The molecule has 0 spiro atoms. The van der Waals surface area contributed by atoms with Gasteiger partial charge in [0.15, 0.2) is 0 Å². The first kappa shape index (κ1) is 22.5. The lowest BCUT2D eigenvalue weighted by molar-refractivity contribution is -0.137. The van der Waals surface area contributed by atoms with Gasteiger partial charge in [0.1, 0.15) is 4.88 Å². The quantitative estimate of drug-likeness (QED) is 0.330. The molecule has 9 heteroatoms. The van der Waals surface area contributed by atoms with E-state index < -0.39 is 11.9 Å². The van der Waals surface area contributed by atoms with Crippen LogP contribution in [0.4, 0.5) is 5.69 Å². The van der Waals surface area contributed by atoms with E-state index in [-0.39, 0.29) is 25.2 Å². The standard InChI is InChI=1S/C22H20ClN3O4S/c1-13(14-6-4-7-15(12-14)24-18(27)10-5-11-19(28)29)25-26-22(30)21-20(23)16-8-2-3-9-17(16)31-21/h2-4,6-9,12H,5,10-11H2,1H3,(H,24,27)(H,26,30)(H,28,29). The zero-order chi connectivity index (χ0) is 22.4. The van der Waals surface area contributed by atoms with Gasteiger partial charge in [0.05, 0.1) is 10.7 Å². The van der Waals surface area contributed by atoms with Gasteiger partial charge in [-0.25, -0.2) is 5.43 Å². The zero-order valence-corrected chi connectivity index (χ0v) is 18.2. The number of aliphatic carboxylic acids is 1. The lowest BCUT2D eigenvalue weighted by Crippen LogP contribution is -2.18. The lowest BCUT2D eigenvalue weighted by Gasteiger charge is -2.07. The average Bonchev–Trinajstić information content (AvgIpc) is 3.08. The lowest BCUT2D eigenvalue weighted by atomic mass is 10.1. The summed E-state index contributed by atoms with van der Waals surface area (Å²) in [6, 6.07) is 14.5. The highest BCUT2D eigenvalue weighted by atomic mass is 35.5. The average molecular weight is 458 g/mol. The highest BCUT2D eigenvalue weighted by Crippen LogP contribution is 2.34. The summed E-state index contributed by atoms with van der Waals surface area (Å²) in [6.07, 6.45) is 0.339. The highest BCUT2D eigenvalue weighted by molar-refractivity contribution is 7.21. The van der Waals surface area contributed by atoms with Crippen molar-refractivity contribution in [2.75, 3.05) is 5.32 Å². The molecule has 160 valence electrons. The minimum absolute atomic E-state index is 0.0528. The first-order valence-corrected chi connectivity index (χ1v) is 10.7. The summed E-state index contributed by atoms with van der Waals surface area (Å²) in [6.45, 7) is 1.74. The van der Waals surface area contributed by atoms with Crippen LogP contribution in [0.15, 0.2) is 53.6 Å². The fraction of sp³-hybridized carbons (Fsp3) is 0.182. The van der Waals surface area contributed by atoms with Gasteiger partial charge in [-0.15, -0.1) is 11.3 Å². The number of carboxylic acids is 1. The van der Waals surface area contributed by atoms with Crippen molar-refractivity contribution in [3.8, 4) is 0 Å². The van der Waals surface area contributed by atoms with Gasteiger partial charge >= 0.3 is 5.97 Å². The maximum absolute atomic E-state index is 12.5. The Balaban J connectivity index is 1.65. The number of hydrogen-bond donors (Lipinski definition) is 3. The Morgan fingerprint density at radius 3 is 2.61 bits per heavy atom. The van der Waals surface area contributed by atoms with E-state index in [2.05, 4.69) is 15.8 Å². The minimum atomic E-state index is -0.930. The number of nitrogens with zero attached hydrogens (tertiary/aromatic N) is 1. The van der Waals surface area contributed by atoms with Crippen LogP contribution >= 0.6 is 22.9 Å². The van der Waals surface area contributed by atoms with Gasteiger partial charge < -0.3 is 10.4 Å². The first-order chi connectivity index (χ1) is 14.8. The van der Waals surface area contributed by atoms with Crippen LogP contribution in [0, 0.1) is 0 Å². The summed E-state index contributed by atoms with van der Waals surface area (Å²) in [5.74, 6) is -1.59. The van der Waals surface area contributed by atoms with Gasteiger partial charge in [-0.3, -0.25) is 14.4 Å². The molecule has 0 unspecified atom stereocenters. The largest absolute Gasteiger partial charge is 0.481 e. The number of benzene rings is 2. The van der Waals surface area contributed by atoms with Gasteiger partial charge in [0.25, 0.3) is 5.91 Å². The minimum Gasteiger partial charge on any atom is -0.481 e. The molecule has 3 rings (SSSR count). The third kappa shape index (κ3) is 5.90. The third-order valence-electron chi connectivity index (χ3n) is 4.42. The molecule has 2 amide bonds. The molecule has 0 bridgehead atoms. The van der Waals surface area contributed by atoms with Crippen molar-refractivity contribution >= 4 is 62.2 Å². The van der Waals surface area contributed by atoms with Crippen LogP contribution in [-0.4, -0.2) is 28.6 Å². The van der Waals surface area contributed by atoms with E-state index in [4.69, 9.17) is 16.7 Å². The maximum Gasteiger partial charge on any atom is 0.303 e. The second-order valence-corrected chi connectivity index (χ2v) is 8.19. The van der Waals surface area contributed by atoms with Gasteiger partial charge in [-0.05, 0) is 37.1 Å². The van der Waals surface area contributed by atoms with E-state index in [1.807, 2.05) is 24.3 Å². The molecule has 0 atom stereocenters. The monoisotopic (exact) mass is 457 g/mol. The Bertz CT molecular complexity index is 1170. The summed E-state index contributed by atoms with van der Waals surface area (Å²) in [5, 5.41) is 16.8. The van der Waals surface area contributed by atoms with E-state index in [0.717, 1.165) is 10.1 Å². The first-order valence-electron chi connectivity index (χ1n) is 9.49. The van der Waals surface area contributed by atoms with Crippen LogP contribution < -0.4 is 10.7 Å². The van der Waals surface area contributed by atoms with Gasteiger partial charge in [0.2, 0.25) is 5.91 Å². The topological polar surface area (TPSA) is 108 Å². The normalized spacial score (nSPS) is 11.4. The molecular weight excluding hydrogens is 438 g/mol. The number of fused-ring (bicyclic) bond motifs is 1. The zero-order valence-electron chi connectivity index (χ0n) is 16.6. The van der Waals surface area contributed by atoms with Gasteiger partial charge in [-0.1, -0.05) is 41.9 Å². The van der Waals surface area contributed by atoms with Crippen molar-refractivity contribution in [3.63, 3.8) is 0 Å². The number of carbonyl (C=O) groups is 3. The highest BCUT2D eigenvalue weighted by Gasteiger charge is 2.16. The Morgan fingerprint density at radius 1 is 1.10 bits per heavy atom. The number of rotatable bonds is 8. The van der Waals surface area contributed by atoms with Crippen LogP contribution in [0.5, 0.6) is 0 Å². The van der Waals surface area contributed by atoms with Crippen molar-refractivity contribution in [2.45, 2.75) is 26.2 Å². The molecular formula is C22H20ClN3O4S. The predicted octanol–water partition coefficient (Wildman–Crippen LogP) is 4.90. The molecule has 7 nitrogen and oxygen atoms in total. The summed E-state index contributed by atoms with van der Waals surface area (Å²) in [5.41, 5.74) is 4.35. The summed E-state index contributed by atoms with van der Waals surface area (Å²) in [4.78, 5) is 35.4. The Labute approximate surface area is 187 Å². The van der Waals surface area contributed by atoms with Crippen LogP contribution in [-0.2, 0) is 9.59 Å². The van der Waals surface area contributed by atoms with Gasteiger partial charge in [0, 0.05) is 28.6 Å². The molecule has 0 aliphatic heterocycles. The van der Waals surface area contributed by atoms with Crippen molar-refractivity contribution in [1.29, 1.82) is 0 Å². The Kier molecular flexibility index (Phi) is 7.38. The van der Waals surface area contributed by atoms with Gasteiger partial charge in [-0.2, -0.15) is 5.10 Å². The number of anilines is 1. The molecule has 3 aromatic rings. The molecule has 0 saturated carbocycles. The Hall–Kier alpha value is -3.23. The second-order valence-electron chi connectivity index (χ2n) is 6.76. The molecule has 3 N–H and O–H groups in total. The number of amides is 2. The summed E-state index contributed by atoms with van der Waals surface area (Å²) in [7, 11) is 0. The van der Waals surface area contributed by atoms with E-state index in [9.17, 15) is 14.4 Å². The second kappa shape index (κ2) is 10.2. The van der Waals surface area contributed by atoms with Crippen molar-refractivity contribution in [1.82, 2.24) is 5.43 Å². The van der Waals surface area contributed by atoms with Crippen LogP contribution in [0.1, 0.15) is 41.4 Å². The fourth-order valence-electron chi connectivity index (χ4n) is 2.86. The molecule has 0 aliphatic carbocycles. The Morgan fingerprint density at radius 2 is 1.87 bits per heavy atom. The number of nitrogens with one attached hydrogen (secondary N) is 2. The van der Waals surface area contributed by atoms with E-state index in [1.165, 1.54) is 11.3 Å². The fourth-order valence-corrected chi connectivity index (χ4v) is 4.26. The van der Waals surface area contributed by atoms with E-state index >= 15 is 0 Å². The molecule has 0 radical (unpaired) electrons. The number of carboxylic acid groups (broad SMARTS) is 1. The van der Waals surface area contributed by atoms with Crippen LogP contribution in [0.3, 0.4) is 0 Å². The molecule has 0 saturated heterocycles. The van der Waals surface area contributed by atoms with Crippen molar-refractivity contribution < 1.29 is 19.5 Å². The molecule has 2 aromatic carbocycles. The smallest absolute Gasteiger partial charge is 0.303 e. The summed E-state index contributed by atoms with van der Waals surface area (Å²) < 4.78 is 0.921. The molecule has 1 heterocycles. The molecule has 31 heavy (non-hydrogen) atoms. The third-order valence-corrected chi connectivity index (χ3v) is 6.10. The number of hydrogen-bond acceptors (Lipinski definition) is 5. The van der Waals surface area contributed by atoms with E-state index in [1.54, 1.807) is 31.2 Å².